The zero-order valence-electron chi connectivity index (χ0n) is 18.7. The highest BCUT2D eigenvalue weighted by Crippen LogP contribution is 2.30. The van der Waals surface area contributed by atoms with Crippen molar-refractivity contribution in [2.24, 2.45) is 5.92 Å². The summed E-state index contributed by atoms with van der Waals surface area (Å²) in [7, 11) is 0. The van der Waals surface area contributed by atoms with Crippen LogP contribution in [0.25, 0.3) is 16.9 Å². The Hall–Kier alpha value is -4.27. The fourth-order valence-corrected chi connectivity index (χ4v) is 3.54. The topological polar surface area (TPSA) is 111 Å². The Labute approximate surface area is 196 Å². The van der Waals surface area contributed by atoms with Gasteiger partial charge in [-0.3, -0.25) is 14.6 Å². The Morgan fingerprint density at radius 2 is 2.00 bits per heavy atom. The van der Waals surface area contributed by atoms with Gasteiger partial charge in [-0.2, -0.15) is 5.10 Å². The lowest BCUT2D eigenvalue weighted by atomic mass is 10.1. The van der Waals surface area contributed by atoms with Gasteiger partial charge < -0.3 is 15.4 Å². The first-order valence-electron chi connectivity index (χ1n) is 11.1. The molecule has 0 radical (unpaired) electrons. The SMILES string of the molecule is CC(=O)Nc1cn2nc(-c3cncc(C(=O)NCc4ccccc4OCC4CC4)c3)ccc2n1. The molecule has 0 aliphatic heterocycles. The average molecular weight is 457 g/mol. The van der Waals surface area contributed by atoms with E-state index in [2.05, 4.69) is 25.7 Å². The lowest BCUT2D eigenvalue weighted by Crippen LogP contribution is -2.23. The van der Waals surface area contributed by atoms with Crippen molar-refractivity contribution in [1.29, 1.82) is 0 Å². The van der Waals surface area contributed by atoms with Gasteiger partial charge in [0.15, 0.2) is 11.5 Å². The number of hydrogen-bond acceptors (Lipinski definition) is 6. The lowest BCUT2D eigenvalue weighted by Gasteiger charge is -2.12. The second kappa shape index (κ2) is 9.30. The molecule has 1 aliphatic rings. The number of para-hydroxylation sites is 1. The molecule has 0 bridgehead atoms. The summed E-state index contributed by atoms with van der Waals surface area (Å²) in [5, 5.41) is 10.1. The maximum absolute atomic E-state index is 12.8. The molecule has 34 heavy (non-hydrogen) atoms. The number of nitrogens with zero attached hydrogens (tertiary/aromatic N) is 4. The standard InChI is InChI=1S/C25H24N6O3/c1-16(32)28-23-14-31-24(29-23)9-8-21(30-31)19-10-20(12-26-11-19)25(33)27-13-18-4-2-3-5-22(18)34-15-17-6-7-17/h2-5,8-12,14,17H,6-7,13,15H2,1H3,(H,27,33)(H,28,32). The zero-order valence-corrected chi connectivity index (χ0v) is 18.7. The Bertz CT molecular complexity index is 1360. The van der Waals surface area contributed by atoms with Crippen molar-refractivity contribution >= 4 is 23.3 Å². The van der Waals surface area contributed by atoms with E-state index in [-0.39, 0.29) is 11.8 Å². The van der Waals surface area contributed by atoms with E-state index in [1.807, 2.05) is 24.3 Å². The summed E-state index contributed by atoms with van der Waals surface area (Å²) < 4.78 is 7.51. The van der Waals surface area contributed by atoms with Crippen molar-refractivity contribution in [3.8, 4) is 17.0 Å². The number of benzene rings is 1. The van der Waals surface area contributed by atoms with E-state index >= 15 is 0 Å². The lowest BCUT2D eigenvalue weighted by molar-refractivity contribution is -0.114. The van der Waals surface area contributed by atoms with Gasteiger partial charge in [0.25, 0.3) is 5.91 Å². The molecule has 1 saturated carbocycles. The van der Waals surface area contributed by atoms with Gasteiger partial charge in [-0.05, 0) is 43.0 Å². The summed E-state index contributed by atoms with van der Waals surface area (Å²) in [6.07, 6.45) is 7.26. The Kier molecular flexibility index (Phi) is 5.90. The maximum Gasteiger partial charge on any atom is 0.253 e. The first-order chi connectivity index (χ1) is 16.5. The molecule has 0 unspecified atom stereocenters. The third-order valence-electron chi connectivity index (χ3n) is 5.50. The normalized spacial score (nSPS) is 13.0. The van der Waals surface area contributed by atoms with E-state index in [9.17, 15) is 9.59 Å². The van der Waals surface area contributed by atoms with Crippen LogP contribution >= 0.6 is 0 Å². The maximum atomic E-state index is 12.8. The first kappa shape index (κ1) is 21.6. The van der Waals surface area contributed by atoms with Gasteiger partial charge in [0.1, 0.15) is 5.75 Å². The molecule has 1 aliphatic carbocycles. The number of anilines is 1. The molecule has 2 amide bonds. The molecular weight excluding hydrogens is 432 g/mol. The monoisotopic (exact) mass is 456 g/mol. The van der Waals surface area contributed by atoms with Crippen LogP contribution in [0.5, 0.6) is 5.75 Å². The molecule has 3 aromatic heterocycles. The quantitative estimate of drug-likeness (QED) is 0.420. The number of nitrogens with one attached hydrogen (secondary N) is 2. The molecular formula is C25H24N6O3. The Balaban J connectivity index is 1.29. The van der Waals surface area contributed by atoms with E-state index in [1.165, 1.54) is 26.0 Å². The number of aromatic nitrogens is 4. The van der Waals surface area contributed by atoms with Crippen molar-refractivity contribution < 1.29 is 14.3 Å². The molecule has 1 fully saturated rings. The van der Waals surface area contributed by atoms with Crippen LogP contribution in [0.1, 0.15) is 35.7 Å². The minimum Gasteiger partial charge on any atom is -0.493 e. The van der Waals surface area contributed by atoms with E-state index in [4.69, 9.17) is 4.74 Å². The highest BCUT2D eigenvalue weighted by atomic mass is 16.5. The van der Waals surface area contributed by atoms with Gasteiger partial charge in [-0.25, -0.2) is 9.50 Å². The fraction of sp³-hybridized carbons (Fsp3) is 0.240. The van der Waals surface area contributed by atoms with Crippen LogP contribution < -0.4 is 15.4 Å². The average Bonchev–Trinajstić information content (AvgIpc) is 3.59. The van der Waals surface area contributed by atoms with Gasteiger partial charge in [0.2, 0.25) is 5.91 Å². The predicted octanol–water partition coefficient (Wildman–Crippen LogP) is 3.47. The first-order valence-corrected chi connectivity index (χ1v) is 11.1. The van der Waals surface area contributed by atoms with Crippen LogP contribution in [0, 0.1) is 5.92 Å². The highest BCUT2D eigenvalue weighted by Gasteiger charge is 2.22. The number of carbonyl (C=O) groups is 2. The van der Waals surface area contributed by atoms with Crippen LogP contribution in [0.2, 0.25) is 0 Å². The molecule has 0 spiro atoms. The Morgan fingerprint density at radius 3 is 2.82 bits per heavy atom. The third-order valence-corrected chi connectivity index (χ3v) is 5.50. The molecule has 9 heteroatoms. The van der Waals surface area contributed by atoms with E-state index in [0.717, 1.165) is 17.9 Å². The highest BCUT2D eigenvalue weighted by molar-refractivity contribution is 5.95. The summed E-state index contributed by atoms with van der Waals surface area (Å²) in [6.45, 7) is 2.50. The van der Waals surface area contributed by atoms with Crippen LogP contribution in [-0.4, -0.2) is 38.0 Å². The second-order valence-corrected chi connectivity index (χ2v) is 8.34. The number of rotatable bonds is 8. The number of amides is 2. The summed E-state index contributed by atoms with van der Waals surface area (Å²) in [5.74, 6) is 1.44. The molecule has 4 aromatic rings. The summed E-state index contributed by atoms with van der Waals surface area (Å²) in [6, 6.07) is 13.1. The van der Waals surface area contributed by atoms with Crippen molar-refractivity contribution in [3.63, 3.8) is 0 Å². The number of carbonyl (C=O) groups excluding carboxylic acids is 2. The van der Waals surface area contributed by atoms with Gasteiger partial charge >= 0.3 is 0 Å². The predicted molar refractivity (Wildman–Crippen MR) is 126 cm³/mol. The molecule has 2 N–H and O–H groups in total. The summed E-state index contributed by atoms with van der Waals surface area (Å²) in [5.41, 5.74) is 3.28. The minimum absolute atomic E-state index is 0.205. The van der Waals surface area contributed by atoms with E-state index in [1.54, 1.807) is 35.1 Å². The molecule has 3 heterocycles. The Morgan fingerprint density at radius 1 is 1.15 bits per heavy atom. The number of ether oxygens (including phenoxy) is 1. The van der Waals surface area contributed by atoms with Crippen LogP contribution in [0.3, 0.4) is 0 Å². The van der Waals surface area contributed by atoms with Crippen LogP contribution in [0.15, 0.2) is 61.1 Å². The van der Waals surface area contributed by atoms with E-state index < -0.39 is 0 Å². The fourth-order valence-electron chi connectivity index (χ4n) is 3.54. The smallest absolute Gasteiger partial charge is 0.253 e. The van der Waals surface area contributed by atoms with Gasteiger partial charge in [-0.15, -0.1) is 0 Å². The van der Waals surface area contributed by atoms with Gasteiger partial charge in [0.05, 0.1) is 24.1 Å². The van der Waals surface area contributed by atoms with Crippen molar-refractivity contribution in [2.45, 2.75) is 26.3 Å². The third kappa shape index (κ3) is 5.03. The molecule has 5 rings (SSSR count). The zero-order chi connectivity index (χ0) is 23.5. The molecule has 9 nitrogen and oxygen atoms in total. The minimum atomic E-state index is -0.233. The van der Waals surface area contributed by atoms with Gasteiger partial charge in [-0.1, -0.05) is 18.2 Å². The number of pyridine rings is 1. The van der Waals surface area contributed by atoms with Crippen LogP contribution in [0.4, 0.5) is 5.82 Å². The van der Waals surface area contributed by atoms with Gasteiger partial charge in [0, 0.05) is 37.0 Å². The van der Waals surface area contributed by atoms with E-state index in [0.29, 0.717) is 40.7 Å². The molecule has 0 atom stereocenters. The summed E-state index contributed by atoms with van der Waals surface area (Å²) >= 11 is 0. The van der Waals surface area contributed by atoms with Crippen molar-refractivity contribution in [2.75, 3.05) is 11.9 Å². The van der Waals surface area contributed by atoms with Crippen molar-refractivity contribution in [1.82, 2.24) is 24.9 Å². The number of fused-ring (bicyclic) bond motifs is 1. The van der Waals surface area contributed by atoms with Crippen molar-refractivity contribution in [3.05, 3.63) is 72.2 Å². The molecule has 172 valence electrons. The number of hydrogen-bond donors (Lipinski definition) is 2. The van der Waals surface area contributed by atoms with Crippen LogP contribution in [-0.2, 0) is 11.3 Å². The second-order valence-electron chi connectivity index (χ2n) is 8.34. The number of imidazole rings is 1. The largest absolute Gasteiger partial charge is 0.493 e. The summed E-state index contributed by atoms with van der Waals surface area (Å²) in [4.78, 5) is 32.6. The molecule has 1 aromatic carbocycles. The molecule has 0 saturated heterocycles.